The summed E-state index contributed by atoms with van der Waals surface area (Å²) in [6.07, 6.45) is 1.60. The molecule has 15 heteroatoms. The monoisotopic (exact) mass is 483 g/mol. The van der Waals surface area contributed by atoms with E-state index >= 15 is 0 Å². The average molecular weight is 483 g/mol. The van der Waals surface area contributed by atoms with E-state index in [-0.39, 0.29) is 25.7 Å². The standard InChI is InChI=1S/C19H29N7O8/c1-9(24-17(31)11(20)2-4-14(21)27)16(30)25-12(3-5-15(28)29)18(32)26-13(19(33)34)6-10-7-22-8-23-10/h7-9,11-13H,2-6,20H2,1H3,(H2,21,27)(H,22,23)(H,24,31)(H,25,30)(H,26,32)(H,28,29)(H,33,34). The van der Waals surface area contributed by atoms with E-state index in [9.17, 15) is 33.9 Å². The van der Waals surface area contributed by atoms with Gasteiger partial charge in [0.15, 0.2) is 0 Å². The lowest BCUT2D eigenvalue weighted by atomic mass is 10.1. The van der Waals surface area contributed by atoms with Crippen molar-refractivity contribution in [3.05, 3.63) is 18.2 Å². The molecule has 4 atom stereocenters. The Kier molecular flexibility index (Phi) is 11.1. The minimum Gasteiger partial charge on any atom is -0.481 e. The van der Waals surface area contributed by atoms with Crippen LogP contribution in [0.25, 0.3) is 0 Å². The van der Waals surface area contributed by atoms with Gasteiger partial charge in [0.2, 0.25) is 23.6 Å². The van der Waals surface area contributed by atoms with Crippen LogP contribution in [0.1, 0.15) is 38.3 Å². The molecule has 4 unspecified atom stereocenters. The number of aliphatic carboxylic acids is 2. The van der Waals surface area contributed by atoms with Crippen molar-refractivity contribution in [2.45, 2.75) is 63.2 Å². The molecule has 15 nitrogen and oxygen atoms in total. The second-order valence-electron chi connectivity index (χ2n) is 7.52. The number of carboxylic acids is 2. The first-order valence-electron chi connectivity index (χ1n) is 10.3. The minimum absolute atomic E-state index is 0.0357. The second-order valence-corrected chi connectivity index (χ2v) is 7.52. The molecule has 1 aromatic heterocycles. The molecule has 0 aliphatic heterocycles. The summed E-state index contributed by atoms with van der Waals surface area (Å²) in [7, 11) is 0. The molecule has 0 spiro atoms. The quantitative estimate of drug-likeness (QED) is 0.125. The number of nitrogens with zero attached hydrogens (tertiary/aromatic N) is 1. The maximum atomic E-state index is 12.7. The van der Waals surface area contributed by atoms with Gasteiger partial charge in [-0.05, 0) is 19.8 Å². The molecule has 0 saturated carbocycles. The highest BCUT2D eigenvalue weighted by Crippen LogP contribution is 2.04. The predicted molar refractivity (Wildman–Crippen MR) is 115 cm³/mol. The summed E-state index contributed by atoms with van der Waals surface area (Å²) in [5, 5.41) is 25.2. The molecule has 1 rings (SSSR count). The van der Waals surface area contributed by atoms with Gasteiger partial charge in [-0.2, -0.15) is 0 Å². The number of hydrogen-bond acceptors (Lipinski definition) is 8. The molecule has 188 valence electrons. The van der Waals surface area contributed by atoms with E-state index < -0.39 is 66.2 Å². The Morgan fingerprint density at radius 3 is 2.15 bits per heavy atom. The number of rotatable bonds is 15. The third-order valence-electron chi connectivity index (χ3n) is 4.66. The van der Waals surface area contributed by atoms with Crippen LogP contribution in [0.4, 0.5) is 0 Å². The second kappa shape index (κ2) is 13.5. The number of carbonyl (C=O) groups is 6. The highest BCUT2D eigenvalue weighted by atomic mass is 16.4. The smallest absolute Gasteiger partial charge is 0.326 e. The van der Waals surface area contributed by atoms with Gasteiger partial charge in [-0.3, -0.25) is 24.0 Å². The predicted octanol–water partition coefficient (Wildman–Crippen LogP) is -3.03. The van der Waals surface area contributed by atoms with Crippen LogP contribution >= 0.6 is 0 Å². The molecule has 0 radical (unpaired) electrons. The number of H-pyrrole nitrogens is 1. The molecule has 1 aromatic rings. The van der Waals surface area contributed by atoms with Crippen LogP contribution in [0.5, 0.6) is 0 Å². The number of amides is 4. The van der Waals surface area contributed by atoms with Gasteiger partial charge in [0.05, 0.1) is 12.4 Å². The van der Waals surface area contributed by atoms with Crippen molar-refractivity contribution in [2.24, 2.45) is 11.5 Å². The first-order chi connectivity index (χ1) is 15.9. The molecule has 0 aliphatic carbocycles. The van der Waals surface area contributed by atoms with E-state index in [0.29, 0.717) is 5.69 Å². The lowest BCUT2D eigenvalue weighted by Gasteiger charge is -2.23. The molecule has 0 fully saturated rings. The van der Waals surface area contributed by atoms with Gasteiger partial charge < -0.3 is 42.6 Å². The summed E-state index contributed by atoms with van der Waals surface area (Å²) >= 11 is 0. The average Bonchev–Trinajstić information content (AvgIpc) is 3.26. The number of primary amides is 1. The molecule has 0 bridgehead atoms. The van der Waals surface area contributed by atoms with Crippen molar-refractivity contribution in [3.63, 3.8) is 0 Å². The molecule has 0 aromatic carbocycles. The number of aromatic amines is 1. The number of imidazole rings is 1. The fourth-order valence-electron chi connectivity index (χ4n) is 2.74. The van der Waals surface area contributed by atoms with Gasteiger partial charge in [-0.25, -0.2) is 9.78 Å². The number of nitrogens with two attached hydrogens (primary N) is 2. The van der Waals surface area contributed by atoms with Crippen LogP contribution in [0.3, 0.4) is 0 Å². The Labute approximate surface area is 194 Å². The number of hydrogen-bond donors (Lipinski definition) is 8. The zero-order chi connectivity index (χ0) is 25.8. The topological polar surface area (TPSA) is 260 Å². The lowest BCUT2D eigenvalue weighted by Crippen LogP contribution is -2.56. The molecular weight excluding hydrogens is 454 g/mol. The number of aromatic nitrogens is 2. The van der Waals surface area contributed by atoms with Crippen LogP contribution in [0.15, 0.2) is 12.5 Å². The summed E-state index contributed by atoms with van der Waals surface area (Å²) in [5.41, 5.74) is 11.1. The van der Waals surface area contributed by atoms with Crippen LogP contribution in [-0.4, -0.2) is 79.9 Å². The zero-order valence-electron chi connectivity index (χ0n) is 18.4. The van der Waals surface area contributed by atoms with Crippen molar-refractivity contribution in [3.8, 4) is 0 Å². The molecule has 34 heavy (non-hydrogen) atoms. The highest BCUT2D eigenvalue weighted by molar-refractivity contribution is 5.94. The van der Waals surface area contributed by atoms with Crippen LogP contribution in [-0.2, 0) is 35.2 Å². The van der Waals surface area contributed by atoms with Crippen LogP contribution in [0, 0.1) is 0 Å². The largest absolute Gasteiger partial charge is 0.481 e. The Morgan fingerprint density at radius 1 is 0.971 bits per heavy atom. The SMILES string of the molecule is CC(NC(=O)C(N)CCC(N)=O)C(=O)NC(CCC(=O)O)C(=O)NC(Cc1cnc[nH]1)C(=O)O. The normalized spacial score (nSPS) is 14.2. The van der Waals surface area contributed by atoms with Crippen molar-refractivity contribution < 1.29 is 39.0 Å². The van der Waals surface area contributed by atoms with E-state index in [4.69, 9.17) is 16.6 Å². The van der Waals surface area contributed by atoms with Gasteiger partial charge >= 0.3 is 11.9 Å². The first-order valence-corrected chi connectivity index (χ1v) is 10.3. The molecule has 0 aliphatic rings. The van der Waals surface area contributed by atoms with Crippen molar-refractivity contribution >= 4 is 35.6 Å². The van der Waals surface area contributed by atoms with Gasteiger partial charge in [0.1, 0.15) is 18.1 Å². The van der Waals surface area contributed by atoms with Gasteiger partial charge in [0, 0.05) is 31.2 Å². The van der Waals surface area contributed by atoms with E-state index in [1.165, 1.54) is 19.4 Å². The van der Waals surface area contributed by atoms with Crippen molar-refractivity contribution in [1.82, 2.24) is 25.9 Å². The third-order valence-corrected chi connectivity index (χ3v) is 4.66. The van der Waals surface area contributed by atoms with Gasteiger partial charge in [-0.1, -0.05) is 0 Å². The molecule has 10 N–H and O–H groups in total. The highest BCUT2D eigenvalue weighted by Gasteiger charge is 2.29. The summed E-state index contributed by atoms with van der Waals surface area (Å²) in [6, 6.07) is -5.05. The molecular formula is C19H29N7O8. The summed E-state index contributed by atoms with van der Waals surface area (Å²) < 4.78 is 0. The fraction of sp³-hybridized carbons (Fsp3) is 0.526. The summed E-state index contributed by atoms with van der Waals surface area (Å²) in [6.45, 7) is 1.30. The zero-order valence-corrected chi connectivity index (χ0v) is 18.4. The van der Waals surface area contributed by atoms with Crippen molar-refractivity contribution in [1.29, 1.82) is 0 Å². The van der Waals surface area contributed by atoms with E-state index in [2.05, 4.69) is 25.9 Å². The number of nitrogens with one attached hydrogen (secondary N) is 4. The van der Waals surface area contributed by atoms with E-state index in [0.717, 1.165) is 0 Å². The lowest BCUT2D eigenvalue weighted by molar-refractivity contribution is -0.143. The summed E-state index contributed by atoms with van der Waals surface area (Å²) in [5.74, 6) is -5.72. The van der Waals surface area contributed by atoms with Gasteiger partial charge in [0.25, 0.3) is 0 Å². The van der Waals surface area contributed by atoms with E-state index in [1.807, 2.05) is 0 Å². The Hall–Kier alpha value is -4.01. The Balaban J connectivity index is 2.80. The van der Waals surface area contributed by atoms with Crippen LogP contribution in [0.2, 0.25) is 0 Å². The third kappa shape index (κ3) is 10.1. The Bertz CT molecular complexity index is 889. The van der Waals surface area contributed by atoms with Gasteiger partial charge in [-0.15, -0.1) is 0 Å². The fourth-order valence-corrected chi connectivity index (χ4v) is 2.74. The maximum Gasteiger partial charge on any atom is 0.326 e. The molecule has 4 amide bonds. The van der Waals surface area contributed by atoms with E-state index in [1.54, 1.807) is 0 Å². The minimum atomic E-state index is -1.39. The first kappa shape index (κ1) is 28.0. The Morgan fingerprint density at radius 2 is 1.62 bits per heavy atom. The molecule has 0 saturated heterocycles. The summed E-state index contributed by atoms with van der Waals surface area (Å²) in [4.78, 5) is 77.0. The number of carboxylic acid groups (broad SMARTS) is 2. The molecule has 1 heterocycles. The van der Waals surface area contributed by atoms with Crippen molar-refractivity contribution in [2.75, 3.05) is 0 Å². The maximum absolute atomic E-state index is 12.7. The number of carbonyl (C=O) groups excluding carboxylic acids is 4. The van der Waals surface area contributed by atoms with Crippen LogP contribution < -0.4 is 27.4 Å².